The van der Waals surface area contributed by atoms with Crippen LogP contribution in [0.25, 0.3) is 0 Å². The minimum absolute atomic E-state index is 0.0191. The maximum absolute atomic E-state index is 13.6. The Hall–Kier alpha value is -2.15. The lowest BCUT2D eigenvalue weighted by Gasteiger charge is -2.11. The number of anilines is 1. The fourth-order valence-electron chi connectivity index (χ4n) is 1.89. The van der Waals surface area contributed by atoms with Crippen LogP contribution in [0.3, 0.4) is 0 Å². The van der Waals surface area contributed by atoms with Crippen molar-refractivity contribution in [3.8, 4) is 5.75 Å². The average molecular weight is 355 g/mol. The molecule has 110 valence electrons. The molecule has 0 aliphatic carbocycles. The zero-order chi connectivity index (χ0) is 15.4. The number of nitrogens with zero attached hydrogens (tertiary/aromatic N) is 1. The van der Waals surface area contributed by atoms with Gasteiger partial charge in [-0.25, -0.2) is 4.39 Å². The summed E-state index contributed by atoms with van der Waals surface area (Å²) in [6.07, 6.45) is 0. The molecule has 0 bridgehead atoms. The van der Waals surface area contributed by atoms with E-state index < -0.39 is 10.7 Å². The standard InChI is InChI=1S/C14H12BrFN2O3/c1-17-14-9(3-2-4-12(14)18(19)20)8-21-13-7-10(15)5-6-11(13)16/h2-7,17H,8H2,1H3. The molecule has 0 heterocycles. The summed E-state index contributed by atoms with van der Waals surface area (Å²) in [5, 5.41) is 13.7. The molecule has 0 spiro atoms. The Morgan fingerprint density at radius 3 is 2.81 bits per heavy atom. The van der Waals surface area contributed by atoms with Crippen molar-refractivity contribution in [3.63, 3.8) is 0 Å². The summed E-state index contributed by atoms with van der Waals surface area (Å²) in [6.45, 7) is 0.0191. The maximum Gasteiger partial charge on any atom is 0.292 e. The van der Waals surface area contributed by atoms with E-state index in [0.717, 1.165) is 0 Å². The van der Waals surface area contributed by atoms with Crippen molar-refractivity contribution in [1.29, 1.82) is 0 Å². The van der Waals surface area contributed by atoms with Crippen LogP contribution >= 0.6 is 15.9 Å². The Bertz CT molecular complexity index is 679. The molecule has 5 nitrogen and oxygen atoms in total. The van der Waals surface area contributed by atoms with E-state index in [0.29, 0.717) is 15.7 Å². The first-order valence-corrected chi connectivity index (χ1v) is 6.84. The van der Waals surface area contributed by atoms with Gasteiger partial charge in [0.25, 0.3) is 5.69 Å². The van der Waals surface area contributed by atoms with Gasteiger partial charge >= 0.3 is 0 Å². The van der Waals surface area contributed by atoms with Gasteiger partial charge in [-0.15, -0.1) is 0 Å². The Morgan fingerprint density at radius 2 is 2.14 bits per heavy atom. The summed E-state index contributed by atoms with van der Waals surface area (Å²) >= 11 is 3.23. The van der Waals surface area contributed by atoms with E-state index in [1.165, 1.54) is 18.2 Å². The first-order valence-electron chi connectivity index (χ1n) is 6.05. The third kappa shape index (κ3) is 3.49. The summed E-state index contributed by atoms with van der Waals surface area (Å²) in [6, 6.07) is 9.00. The Labute approximate surface area is 129 Å². The van der Waals surface area contributed by atoms with E-state index in [9.17, 15) is 14.5 Å². The van der Waals surface area contributed by atoms with Crippen molar-refractivity contribution in [1.82, 2.24) is 0 Å². The molecule has 0 amide bonds. The van der Waals surface area contributed by atoms with Gasteiger partial charge in [0.1, 0.15) is 12.3 Å². The topological polar surface area (TPSA) is 64.4 Å². The van der Waals surface area contributed by atoms with Crippen LogP contribution in [0, 0.1) is 15.9 Å². The lowest BCUT2D eigenvalue weighted by molar-refractivity contribution is -0.384. The summed E-state index contributed by atoms with van der Waals surface area (Å²) in [5.74, 6) is -0.410. The SMILES string of the molecule is CNc1c(COc2cc(Br)ccc2F)cccc1[N+](=O)[O-]. The molecule has 0 saturated carbocycles. The fourth-order valence-corrected chi connectivity index (χ4v) is 2.23. The Balaban J connectivity index is 2.26. The predicted molar refractivity (Wildman–Crippen MR) is 81.1 cm³/mol. The van der Waals surface area contributed by atoms with Gasteiger partial charge in [-0.1, -0.05) is 28.1 Å². The molecule has 1 N–H and O–H groups in total. The second kappa shape index (κ2) is 6.53. The highest BCUT2D eigenvalue weighted by atomic mass is 79.9. The molecule has 0 saturated heterocycles. The third-order valence-electron chi connectivity index (χ3n) is 2.85. The number of ether oxygens (including phenoxy) is 1. The number of hydrogen-bond donors (Lipinski definition) is 1. The molecule has 0 aliphatic rings. The second-order valence-electron chi connectivity index (χ2n) is 4.18. The summed E-state index contributed by atoms with van der Waals surface area (Å²) in [5.41, 5.74) is 0.886. The fraction of sp³-hybridized carbons (Fsp3) is 0.143. The van der Waals surface area contributed by atoms with Gasteiger partial charge in [-0.3, -0.25) is 10.1 Å². The van der Waals surface area contributed by atoms with Crippen LogP contribution in [-0.4, -0.2) is 12.0 Å². The lowest BCUT2D eigenvalue weighted by Crippen LogP contribution is -2.04. The number of halogens is 2. The molecule has 2 aromatic rings. The largest absolute Gasteiger partial charge is 0.486 e. The number of benzene rings is 2. The highest BCUT2D eigenvalue weighted by Gasteiger charge is 2.16. The molecule has 0 radical (unpaired) electrons. The van der Waals surface area contributed by atoms with Crippen LogP contribution < -0.4 is 10.1 Å². The number of rotatable bonds is 5. The Morgan fingerprint density at radius 1 is 1.38 bits per heavy atom. The van der Waals surface area contributed by atoms with Crippen molar-refractivity contribution in [2.24, 2.45) is 0 Å². The van der Waals surface area contributed by atoms with Crippen molar-refractivity contribution >= 4 is 27.3 Å². The first kappa shape index (κ1) is 15.2. The average Bonchev–Trinajstić information content (AvgIpc) is 2.47. The van der Waals surface area contributed by atoms with Gasteiger partial charge < -0.3 is 10.1 Å². The lowest BCUT2D eigenvalue weighted by atomic mass is 10.1. The molecular formula is C14H12BrFN2O3. The summed E-state index contributed by atoms with van der Waals surface area (Å²) in [7, 11) is 1.59. The zero-order valence-corrected chi connectivity index (χ0v) is 12.7. The number of nitrogens with one attached hydrogen (secondary N) is 1. The minimum atomic E-state index is -0.491. The van der Waals surface area contributed by atoms with Crippen molar-refractivity contribution in [3.05, 3.63) is 62.4 Å². The summed E-state index contributed by atoms with van der Waals surface area (Å²) in [4.78, 5) is 10.5. The van der Waals surface area contributed by atoms with E-state index in [2.05, 4.69) is 21.2 Å². The van der Waals surface area contributed by atoms with E-state index in [1.54, 1.807) is 25.2 Å². The van der Waals surface area contributed by atoms with Crippen LogP contribution in [0.2, 0.25) is 0 Å². The molecule has 0 fully saturated rings. The third-order valence-corrected chi connectivity index (χ3v) is 3.35. The van der Waals surface area contributed by atoms with Crippen molar-refractivity contribution < 1.29 is 14.1 Å². The van der Waals surface area contributed by atoms with Crippen LogP contribution in [0.15, 0.2) is 40.9 Å². The molecule has 2 aromatic carbocycles. The normalized spacial score (nSPS) is 10.2. The molecule has 7 heteroatoms. The Kier molecular flexibility index (Phi) is 4.74. The molecule has 0 unspecified atom stereocenters. The molecule has 0 atom stereocenters. The van der Waals surface area contributed by atoms with Crippen LogP contribution in [0.1, 0.15) is 5.56 Å². The molecule has 0 aliphatic heterocycles. The quantitative estimate of drug-likeness (QED) is 0.647. The van der Waals surface area contributed by atoms with E-state index in [4.69, 9.17) is 4.74 Å². The smallest absolute Gasteiger partial charge is 0.292 e. The number of nitro groups is 1. The van der Waals surface area contributed by atoms with Gasteiger partial charge in [-0.05, 0) is 18.2 Å². The van der Waals surface area contributed by atoms with Gasteiger partial charge in [0.2, 0.25) is 0 Å². The molecular weight excluding hydrogens is 343 g/mol. The van der Waals surface area contributed by atoms with Crippen LogP contribution in [0.5, 0.6) is 5.75 Å². The number of hydrogen-bond acceptors (Lipinski definition) is 4. The van der Waals surface area contributed by atoms with E-state index >= 15 is 0 Å². The van der Waals surface area contributed by atoms with E-state index in [-0.39, 0.29) is 18.0 Å². The number of nitro benzene ring substituents is 1. The van der Waals surface area contributed by atoms with Gasteiger partial charge in [0, 0.05) is 23.2 Å². The molecule has 21 heavy (non-hydrogen) atoms. The second-order valence-corrected chi connectivity index (χ2v) is 5.10. The summed E-state index contributed by atoms with van der Waals surface area (Å²) < 4.78 is 19.7. The van der Waals surface area contributed by atoms with E-state index in [1.807, 2.05) is 0 Å². The van der Waals surface area contributed by atoms with Gasteiger partial charge in [-0.2, -0.15) is 0 Å². The first-order chi connectivity index (χ1) is 10.0. The predicted octanol–water partition coefficient (Wildman–Crippen LogP) is 4.12. The number of para-hydroxylation sites is 1. The monoisotopic (exact) mass is 354 g/mol. The van der Waals surface area contributed by atoms with Gasteiger partial charge in [0.05, 0.1) is 4.92 Å². The minimum Gasteiger partial charge on any atom is -0.486 e. The van der Waals surface area contributed by atoms with Crippen molar-refractivity contribution in [2.75, 3.05) is 12.4 Å². The molecule has 2 rings (SSSR count). The van der Waals surface area contributed by atoms with Crippen LogP contribution in [0.4, 0.5) is 15.8 Å². The zero-order valence-electron chi connectivity index (χ0n) is 11.1. The maximum atomic E-state index is 13.6. The van der Waals surface area contributed by atoms with Gasteiger partial charge in [0.15, 0.2) is 11.6 Å². The highest BCUT2D eigenvalue weighted by molar-refractivity contribution is 9.10. The highest BCUT2D eigenvalue weighted by Crippen LogP contribution is 2.29. The van der Waals surface area contributed by atoms with Crippen molar-refractivity contribution in [2.45, 2.75) is 6.61 Å². The van der Waals surface area contributed by atoms with Crippen LogP contribution in [-0.2, 0) is 6.61 Å². The molecule has 0 aromatic heterocycles.